The quantitative estimate of drug-likeness (QED) is 0.879. The molecule has 0 radical (unpaired) electrons. The van der Waals surface area contributed by atoms with E-state index in [4.69, 9.17) is 5.11 Å². The van der Waals surface area contributed by atoms with Gasteiger partial charge in [-0.2, -0.15) is 0 Å². The number of carboxylic acids is 1. The van der Waals surface area contributed by atoms with Crippen LogP contribution in [0.1, 0.15) is 49.1 Å². The molecule has 3 rings (SSSR count). The highest BCUT2D eigenvalue weighted by molar-refractivity contribution is 7.15. The predicted molar refractivity (Wildman–Crippen MR) is 71.3 cm³/mol. The third kappa shape index (κ3) is 2.00. The molecule has 98 valence electrons. The number of anilines is 1. The molecule has 5 heteroatoms. The fourth-order valence-corrected chi connectivity index (χ4v) is 3.82. The van der Waals surface area contributed by atoms with Crippen LogP contribution in [0.2, 0.25) is 0 Å². The number of aromatic nitrogens is 1. The summed E-state index contributed by atoms with van der Waals surface area (Å²) in [6.07, 6.45) is 5.46. The average Bonchev–Trinajstić information content (AvgIpc) is 2.81. The van der Waals surface area contributed by atoms with Gasteiger partial charge in [0.1, 0.15) is 5.92 Å². The highest BCUT2D eigenvalue weighted by atomic mass is 32.1. The summed E-state index contributed by atoms with van der Waals surface area (Å²) in [6.45, 7) is 3.25. The molecule has 1 unspecified atom stereocenters. The van der Waals surface area contributed by atoms with E-state index in [0.29, 0.717) is 11.8 Å². The number of fused-ring (bicyclic) bond motifs is 1. The van der Waals surface area contributed by atoms with Crippen LogP contribution in [0.15, 0.2) is 0 Å². The topological polar surface area (TPSA) is 62.2 Å². The summed E-state index contributed by atoms with van der Waals surface area (Å²) < 4.78 is 0. The molecule has 0 aromatic carbocycles. The summed E-state index contributed by atoms with van der Waals surface area (Å²) in [5.41, 5.74) is 1.22. The van der Waals surface area contributed by atoms with E-state index >= 15 is 0 Å². The molecule has 1 aromatic rings. The first-order valence-corrected chi connectivity index (χ1v) is 7.35. The zero-order valence-corrected chi connectivity index (χ0v) is 11.3. The highest BCUT2D eigenvalue weighted by Crippen LogP contribution is 2.42. The van der Waals surface area contributed by atoms with Crippen LogP contribution < -0.4 is 5.32 Å². The standard InChI is InChI=1S/C13H18N2O2S/c1-13(5-2-6-13)7-14-12-15-10-8(11(16)17)3-4-9(10)18-12/h8H,2-7H2,1H3,(H,14,15)(H,16,17). The third-order valence-corrected chi connectivity index (χ3v) is 5.33. The van der Waals surface area contributed by atoms with E-state index < -0.39 is 5.97 Å². The summed E-state index contributed by atoms with van der Waals surface area (Å²) >= 11 is 1.63. The van der Waals surface area contributed by atoms with Gasteiger partial charge in [0.2, 0.25) is 0 Å². The Balaban J connectivity index is 1.68. The largest absolute Gasteiger partial charge is 0.481 e. The molecule has 1 heterocycles. The molecule has 1 saturated carbocycles. The van der Waals surface area contributed by atoms with Crippen LogP contribution >= 0.6 is 11.3 Å². The molecule has 0 amide bonds. The summed E-state index contributed by atoms with van der Waals surface area (Å²) in [6, 6.07) is 0. The minimum absolute atomic E-state index is 0.383. The van der Waals surface area contributed by atoms with Crippen molar-refractivity contribution in [1.82, 2.24) is 4.98 Å². The lowest BCUT2D eigenvalue weighted by Crippen LogP contribution is -2.33. The van der Waals surface area contributed by atoms with E-state index in [0.717, 1.165) is 28.7 Å². The number of hydrogen-bond donors (Lipinski definition) is 2. The zero-order valence-electron chi connectivity index (χ0n) is 10.5. The molecule has 1 atom stereocenters. The van der Waals surface area contributed by atoms with Crippen molar-refractivity contribution in [2.24, 2.45) is 5.41 Å². The zero-order chi connectivity index (χ0) is 12.8. The highest BCUT2D eigenvalue weighted by Gasteiger charge is 2.34. The van der Waals surface area contributed by atoms with Crippen molar-refractivity contribution in [3.8, 4) is 0 Å². The van der Waals surface area contributed by atoms with Crippen LogP contribution in [-0.2, 0) is 11.2 Å². The maximum atomic E-state index is 11.1. The Labute approximate surface area is 110 Å². The van der Waals surface area contributed by atoms with Gasteiger partial charge in [0.15, 0.2) is 5.13 Å². The SMILES string of the molecule is CC1(CNc2nc3c(s2)CCC3C(=O)O)CCC1. The number of carbonyl (C=O) groups is 1. The molecule has 1 fully saturated rings. The van der Waals surface area contributed by atoms with Crippen molar-refractivity contribution in [3.63, 3.8) is 0 Å². The van der Waals surface area contributed by atoms with Gasteiger partial charge in [-0.3, -0.25) is 4.79 Å². The first-order chi connectivity index (χ1) is 8.57. The first kappa shape index (κ1) is 12.0. The van der Waals surface area contributed by atoms with E-state index in [9.17, 15) is 4.79 Å². The Kier molecular flexibility index (Phi) is 2.81. The Morgan fingerprint density at radius 3 is 3.00 bits per heavy atom. The number of aliphatic carboxylic acids is 1. The van der Waals surface area contributed by atoms with Gasteiger partial charge < -0.3 is 10.4 Å². The van der Waals surface area contributed by atoms with E-state index in [1.807, 2.05) is 0 Å². The summed E-state index contributed by atoms with van der Waals surface area (Å²) in [5.74, 6) is -1.12. The number of rotatable bonds is 4. The van der Waals surface area contributed by atoms with Gasteiger partial charge in [-0.25, -0.2) is 4.98 Å². The van der Waals surface area contributed by atoms with Gasteiger partial charge in [0.05, 0.1) is 5.69 Å². The van der Waals surface area contributed by atoms with Crippen molar-refractivity contribution in [1.29, 1.82) is 0 Å². The molecule has 4 nitrogen and oxygen atoms in total. The van der Waals surface area contributed by atoms with Crippen molar-refractivity contribution in [2.45, 2.75) is 44.9 Å². The number of nitrogens with one attached hydrogen (secondary N) is 1. The van der Waals surface area contributed by atoms with Gasteiger partial charge in [-0.1, -0.05) is 13.3 Å². The molecule has 0 aliphatic heterocycles. The number of aryl methyl sites for hydroxylation is 1. The smallest absolute Gasteiger partial charge is 0.312 e. The lowest BCUT2D eigenvalue weighted by molar-refractivity contribution is -0.138. The monoisotopic (exact) mass is 266 g/mol. The maximum absolute atomic E-state index is 11.1. The van der Waals surface area contributed by atoms with Crippen LogP contribution in [-0.4, -0.2) is 22.6 Å². The molecule has 0 spiro atoms. The predicted octanol–water partition coefficient (Wildman–Crippen LogP) is 2.86. The maximum Gasteiger partial charge on any atom is 0.312 e. The van der Waals surface area contributed by atoms with Crippen LogP contribution in [0.3, 0.4) is 0 Å². The van der Waals surface area contributed by atoms with Crippen molar-refractivity contribution in [3.05, 3.63) is 10.6 Å². The normalized spacial score (nSPS) is 24.4. The van der Waals surface area contributed by atoms with E-state index in [-0.39, 0.29) is 5.92 Å². The first-order valence-electron chi connectivity index (χ1n) is 6.54. The Morgan fingerprint density at radius 2 is 2.39 bits per heavy atom. The van der Waals surface area contributed by atoms with E-state index in [1.165, 1.54) is 19.3 Å². The van der Waals surface area contributed by atoms with Crippen molar-refractivity contribution in [2.75, 3.05) is 11.9 Å². The fraction of sp³-hybridized carbons (Fsp3) is 0.692. The number of carboxylic acid groups (broad SMARTS) is 1. The number of nitrogens with zero attached hydrogens (tertiary/aromatic N) is 1. The molecule has 1 aromatic heterocycles. The molecule has 0 bridgehead atoms. The van der Waals surface area contributed by atoms with Crippen LogP contribution in [0.4, 0.5) is 5.13 Å². The Morgan fingerprint density at radius 1 is 1.61 bits per heavy atom. The van der Waals surface area contributed by atoms with Crippen molar-refractivity contribution < 1.29 is 9.90 Å². The van der Waals surface area contributed by atoms with Gasteiger partial charge in [-0.05, 0) is 31.1 Å². The summed E-state index contributed by atoms with van der Waals surface area (Å²) in [5, 5.41) is 13.4. The summed E-state index contributed by atoms with van der Waals surface area (Å²) in [7, 11) is 0. The fourth-order valence-electron chi connectivity index (χ4n) is 2.79. The molecule has 2 aliphatic carbocycles. The third-order valence-electron chi connectivity index (χ3n) is 4.24. The average molecular weight is 266 g/mol. The minimum atomic E-state index is -0.739. The van der Waals surface area contributed by atoms with E-state index in [1.54, 1.807) is 11.3 Å². The van der Waals surface area contributed by atoms with Crippen LogP contribution in [0, 0.1) is 5.41 Å². The molecule has 2 N–H and O–H groups in total. The molecular formula is C13H18N2O2S. The lowest BCUT2D eigenvalue weighted by Gasteiger charge is -2.38. The van der Waals surface area contributed by atoms with Crippen LogP contribution in [0.25, 0.3) is 0 Å². The second-order valence-electron chi connectivity index (χ2n) is 5.77. The second kappa shape index (κ2) is 4.23. The second-order valence-corrected chi connectivity index (χ2v) is 6.86. The molecular weight excluding hydrogens is 248 g/mol. The van der Waals surface area contributed by atoms with Crippen LogP contribution in [0.5, 0.6) is 0 Å². The number of hydrogen-bond acceptors (Lipinski definition) is 4. The van der Waals surface area contributed by atoms with Crippen molar-refractivity contribution >= 4 is 22.4 Å². The molecule has 2 aliphatic rings. The van der Waals surface area contributed by atoms with Gasteiger partial charge in [-0.15, -0.1) is 11.3 Å². The lowest BCUT2D eigenvalue weighted by atomic mass is 9.70. The Hall–Kier alpha value is -1.10. The van der Waals surface area contributed by atoms with Gasteiger partial charge in [0, 0.05) is 11.4 Å². The number of thiazole rings is 1. The van der Waals surface area contributed by atoms with Gasteiger partial charge >= 0.3 is 5.97 Å². The Bertz CT molecular complexity index is 479. The summed E-state index contributed by atoms with van der Waals surface area (Å²) in [4.78, 5) is 16.7. The van der Waals surface area contributed by atoms with E-state index in [2.05, 4.69) is 17.2 Å². The minimum Gasteiger partial charge on any atom is -0.481 e. The molecule has 18 heavy (non-hydrogen) atoms. The van der Waals surface area contributed by atoms with Gasteiger partial charge in [0.25, 0.3) is 0 Å². The molecule has 0 saturated heterocycles.